The third kappa shape index (κ3) is 112. The first-order valence-electron chi connectivity index (χ1n) is 1.20. The summed E-state index contributed by atoms with van der Waals surface area (Å²) in [5, 5.41) is 3.53. The van der Waals surface area contributed by atoms with Gasteiger partial charge in [0.2, 0.25) is 0 Å². The van der Waals surface area contributed by atoms with Gasteiger partial charge in [-0.3, -0.25) is 9.88 Å². The van der Waals surface area contributed by atoms with Crippen LogP contribution in [0.5, 0.6) is 0 Å². The van der Waals surface area contributed by atoms with Gasteiger partial charge in [-0.05, 0) is 0 Å². The molecule has 4 N–H and O–H groups in total. The Morgan fingerprint density at radius 2 is 1.11 bits per heavy atom. The van der Waals surface area contributed by atoms with Crippen molar-refractivity contribution < 1.29 is 30.3 Å². The van der Waals surface area contributed by atoms with Crippen molar-refractivity contribution in [3.8, 4) is 0 Å². The molecule has 0 heterocycles. The molecule has 0 bridgehead atoms. The maximum Gasteiger partial charge on any atom is 0.176 e. The summed E-state index contributed by atoms with van der Waals surface area (Å²) in [6.45, 7) is 0. The van der Waals surface area contributed by atoms with E-state index in [1.165, 1.54) is 0 Å². The second kappa shape index (κ2) is 26.3. The summed E-state index contributed by atoms with van der Waals surface area (Å²) in [6, 6.07) is 0. The predicted molar refractivity (Wildman–Crippen MR) is 22.1 cm³/mol. The molecule has 0 unspecified atom stereocenters. The Hall–Kier alpha value is -0.618. The predicted octanol–water partition coefficient (Wildman–Crippen LogP) is -0.886. The number of hydrogen-bond donors (Lipinski definition) is 2. The van der Waals surface area contributed by atoms with Gasteiger partial charge >= 0.3 is 0 Å². The molecule has 0 aliphatic heterocycles. The Kier molecular flexibility index (Phi) is 46.1. The van der Waals surface area contributed by atoms with E-state index in [9.17, 15) is 0 Å². The molecule has 0 aromatic heterocycles. The molecular formula is H4N4O4Pd. The maximum absolute atomic E-state index is 8.58. The van der Waals surface area contributed by atoms with Gasteiger partial charge in [0, 0.05) is 20.4 Å². The van der Waals surface area contributed by atoms with Gasteiger partial charge in [0.1, 0.15) is 0 Å². The van der Waals surface area contributed by atoms with Crippen molar-refractivity contribution >= 4 is 0 Å². The average Bonchev–Trinajstić information content (AvgIpc) is 1.88. The zero-order valence-electron chi connectivity index (χ0n) is 4.00. The Morgan fingerprint density at radius 3 is 1.11 bits per heavy atom. The van der Waals surface area contributed by atoms with Gasteiger partial charge in [-0.25, -0.2) is 0 Å². The van der Waals surface area contributed by atoms with Crippen molar-refractivity contribution in [1.29, 1.82) is 0 Å². The van der Waals surface area contributed by atoms with Crippen LogP contribution in [0.25, 0.3) is 0 Å². The van der Waals surface area contributed by atoms with E-state index in [0.29, 0.717) is 0 Å². The average molecular weight is 230 g/mol. The van der Waals surface area contributed by atoms with Crippen molar-refractivity contribution in [2.45, 2.75) is 0 Å². The first-order valence-corrected chi connectivity index (χ1v) is 1.20. The second-order valence-electron chi connectivity index (χ2n) is 0.360. The van der Waals surface area contributed by atoms with Crippen LogP contribution in [0.3, 0.4) is 0 Å². The molecule has 0 saturated heterocycles. The molecule has 9 heteroatoms. The number of nitrogens with two attached hydrogens (primary N) is 2. The summed E-state index contributed by atoms with van der Waals surface area (Å²) in [7, 11) is 0. The standard InChI is InChI=1S/2H2N2O2.Pd/c2*1-4-2-3;/h2*1H2;. The van der Waals surface area contributed by atoms with Gasteiger partial charge in [-0.2, -0.15) is 0 Å². The Labute approximate surface area is 63.3 Å². The summed E-state index contributed by atoms with van der Waals surface area (Å²) >= 11 is 0. The molecule has 58 valence electrons. The quantitative estimate of drug-likeness (QED) is 0.360. The maximum atomic E-state index is 8.58. The van der Waals surface area contributed by atoms with E-state index < -0.39 is 0 Å². The van der Waals surface area contributed by atoms with Crippen molar-refractivity contribution in [2.75, 3.05) is 0 Å². The Bertz CT molecular complexity index is 48.5. The smallest absolute Gasteiger partial charge is 0.176 e. The monoisotopic (exact) mass is 230 g/mol. The van der Waals surface area contributed by atoms with Crippen LogP contribution in [0.1, 0.15) is 0 Å². The second-order valence-corrected chi connectivity index (χ2v) is 0.360. The summed E-state index contributed by atoms with van der Waals surface area (Å²) in [4.78, 5) is 23.4. The Morgan fingerprint density at radius 1 is 1.00 bits per heavy atom. The van der Waals surface area contributed by atoms with Crippen LogP contribution in [-0.2, 0) is 30.3 Å². The third-order valence-corrected chi connectivity index (χ3v) is 0.0861. The first kappa shape index (κ1) is 15.8. The molecule has 8 nitrogen and oxygen atoms in total. The Balaban J connectivity index is -0.0000000720. The van der Waals surface area contributed by atoms with E-state index in [0.717, 1.165) is 0 Å². The minimum atomic E-state index is 0. The molecule has 0 aliphatic rings. The van der Waals surface area contributed by atoms with E-state index in [1.807, 2.05) is 0 Å². The molecule has 0 aliphatic carbocycles. The third-order valence-electron chi connectivity index (χ3n) is 0.0861. The van der Waals surface area contributed by atoms with Crippen LogP contribution in [0.4, 0.5) is 0 Å². The summed E-state index contributed by atoms with van der Waals surface area (Å²) in [6.07, 6.45) is 0. The molecule has 0 radical (unpaired) electrons. The fourth-order valence-corrected chi connectivity index (χ4v) is 0. The van der Waals surface area contributed by atoms with Crippen molar-refractivity contribution in [3.63, 3.8) is 0 Å². The van der Waals surface area contributed by atoms with Crippen LogP contribution in [0.15, 0.2) is 10.7 Å². The molecule has 0 amide bonds. The van der Waals surface area contributed by atoms with Crippen LogP contribution in [-0.4, -0.2) is 0 Å². The van der Waals surface area contributed by atoms with E-state index >= 15 is 0 Å². The van der Waals surface area contributed by atoms with Gasteiger partial charge in [-0.1, -0.05) is 0 Å². The fourth-order valence-electron chi connectivity index (χ4n) is 0. The van der Waals surface area contributed by atoms with Crippen LogP contribution < -0.4 is 11.8 Å². The molecular weight excluding hydrogens is 226 g/mol. The molecule has 0 rings (SSSR count). The van der Waals surface area contributed by atoms with Crippen molar-refractivity contribution in [2.24, 2.45) is 22.5 Å². The molecule has 0 spiro atoms. The minimum Gasteiger partial charge on any atom is -0.266 e. The number of nitrogens with zero attached hydrogens (tertiary/aromatic N) is 2. The number of rotatable bonds is 2. The van der Waals surface area contributed by atoms with Gasteiger partial charge in [0.25, 0.3) is 0 Å². The summed E-state index contributed by atoms with van der Waals surface area (Å²) in [5.41, 5.74) is 0. The summed E-state index contributed by atoms with van der Waals surface area (Å²) < 4.78 is 0. The summed E-state index contributed by atoms with van der Waals surface area (Å²) in [5.74, 6) is 8.10. The SMILES string of the molecule is NON=O.NON=O.[Pd]. The zero-order valence-corrected chi connectivity index (χ0v) is 5.55. The molecule has 0 fully saturated rings. The number of hydrogen-bond acceptors (Lipinski definition) is 8. The minimum absolute atomic E-state index is 0. The molecule has 0 atom stereocenters. The molecule has 0 aromatic carbocycles. The van der Waals surface area contributed by atoms with Crippen LogP contribution >= 0.6 is 0 Å². The van der Waals surface area contributed by atoms with Gasteiger partial charge in [0.15, 0.2) is 10.7 Å². The largest absolute Gasteiger partial charge is 0.266 e. The van der Waals surface area contributed by atoms with E-state index in [2.05, 4.69) is 21.7 Å². The molecule has 0 aromatic rings. The topological polar surface area (TPSA) is 129 Å². The van der Waals surface area contributed by atoms with E-state index in [-0.39, 0.29) is 20.4 Å². The first-order chi connectivity index (χ1) is 3.83. The normalized spacial score (nSPS) is 4.67. The van der Waals surface area contributed by atoms with E-state index in [4.69, 9.17) is 9.81 Å². The molecule has 9 heavy (non-hydrogen) atoms. The van der Waals surface area contributed by atoms with Crippen molar-refractivity contribution in [3.05, 3.63) is 9.81 Å². The molecule has 0 saturated carbocycles. The fraction of sp³-hybridized carbons (Fsp3) is 0. The van der Waals surface area contributed by atoms with Gasteiger partial charge in [0.05, 0.1) is 0 Å². The zero-order chi connectivity index (χ0) is 6.83. The van der Waals surface area contributed by atoms with Crippen molar-refractivity contribution in [1.82, 2.24) is 0 Å². The van der Waals surface area contributed by atoms with Gasteiger partial charge in [-0.15, -0.1) is 21.6 Å². The van der Waals surface area contributed by atoms with Crippen LogP contribution in [0.2, 0.25) is 0 Å². The van der Waals surface area contributed by atoms with Gasteiger partial charge < -0.3 is 0 Å². The van der Waals surface area contributed by atoms with Crippen LogP contribution in [0, 0.1) is 9.81 Å². The van der Waals surface area contributed by atoms with E-state index in [1.54, 1.807) is 10.7 Å².